The molecule has 4 heteroatoms. The highest BCUT2D eigenvalue weighted by atomic mass is 16.5. The minimum Gasteiger partial charge on any atom is -0.378 e. The molecule has 2 rings (SSSR count). The van der Waals surface area contributed by atoms with E-state index in [-0.39, 0.29) is 5.54 Å². The Hall–Kier alpha value is -0.160. The van der Waals surface area contributed by atoms with Crippen LogP contribution in [-0.2, 0) is 9.47 Å². The van der Waals surface area contributed by atoms with Crippen molar-refractivity contribution < 1.29 is 9.47 Å². The SMILES string of the molecule is CCC1(COC(C)C)CN(C(C)(C)CC(C)OCC2(C)CN(C(C)C)C2)C1. The molecule has 0 aromatic rings. The third-order valence-electron chi connectivity index (χ3n) is 6.78. The molecule has 2 saturated heterocycles. The molecule has 0 bridgehead atoms. The summed E-state index contributed by atoms with van der Waals surface area (Å²) >= 11 is 0. The highest BCUT2D eigenvalue weighted by molar-refractivity contribution is 5.01. The summed E-state index contributed by atoms with van der Waals surface area (Å²) in [6.45, 7) is 26.9. The predicted octanol–water partition coefficient (Wildman–Crippen LogP) is 4.43. The Morgan fingerprint density at radius 2 is 1.52 bits per heavy atom. The van der Waals surface area contributed by atoms with Gasteiger partial charge in [0.25, 0.3) is 0 Å². The van der Waals surface area contributed by atoms with E-state index < -0.39 is 0 Å². The number of likely N-dealkylation sites (tertiary alicyclic amines) is 2. The van der Waals surface area contributed by atoms with E-state index in [0.29, 0.717) is 29.1 Å². The highest BCUT2D eigenvalue weighted by Crippen LogP contribution is 2.41. The standard InChI is InChI=1S/C23H46N2O2/c1-10-23(17-26-19(4)5)14-25(15-23)21(7,8)11-20(6)27-16-22(9)12-24(13-22)18(2)3/h18-20H,10-17H2,1-9H3. The van der Waals surface area contributed by atoms with Crippen LogP contribution in [0.1, 0.15) is 75.2 Å². The van der Waals surface area contributed by atoms with Gasteiger partial charge in [0.05, 0.1) is 25.4 Å². The van der Waals surface area contributed by atoms with Crippen molar-refractivity contribution in [2.45, 2.75) is 98.9 Å². The van der Waals surface area contributed by atoms with Gasteiger partial charge in [-0.05, 0) is 61.3 Å². The smallest absolute Gasteiger partial charge is 0.0564 e. The molecular formula is C23H46N2O2. The number of hydrogen-bond acceptors (Lipinski definition) is 4. The van der Waals surface area contributed by atoms with Gasteiger partial charge in [0.1, 0.15) is 0 Å². The lowest BCUT2D eigenvalue weighted by Crippen LogP contribution is -2.65. The third kappa shape index (κ3) is 5.91. The lowest BCUT2D eigenvalue weighted by Gasteiger charge is -2.57. The van der Waals surface area contributed by atoms with E-state index in [2.05, 4.69) is 72.1 Å². The normalized spacial score (nSPS) is 24.1. The topological polar surface area (TPSA) is 24.9 Å². The largest absolute Gasteiger partial charge is 0.378 e. The fourth-order valence-electron chi connectivity index (χ4n) is 4.58. The molecule has 2 fully saturated rings. The van der Waals surface area contributed by atoms with Gasteiger partial charge < -0.3 is 9.47 Å². The highest BCUT2D eigenvalue weighted by Gasteiger charge is 2.48. The molecule has 27 heavy (non-hydrogen) atoms. The van der Waals surface area contributed by atoms with Crippen molar-refractivity contribution in [2.24, 2.45) is 10.8 Å². The third-order valence-corrected chi connectivity index (χ3v) is 6.78. The van der Waals surface area contributed by atoms with Gasteiger partial charge in [-0.25, -0.2) is 0 Å². The molecule has 2 aliphatic heterocycles. The van der Waals surface area contributed by atoms with Gasteiger partial charge in [0, 0.05) is 48.6 Å². The minimum atomic E-state index is 0.181. The lowest BCUT2D eigenvalue weighted by molar-refractivity contribution is -0.134. The van der Waals surface area contributed by atoms with Gasteiger partial charge in [-0.1, -0.05) is 13.8 Å². The van der Waals surface area contributed by atoms with E-state index in [1.807, 2.05) is 0 Å². The van der Waals surface area contributed by atoms with Crippen molar-refractivity contribution in [3.8, 4) is 0 Å². The quantitative estimate of drug-likeness (QED) is 0.528. The van der Waals surface area contributed by atoms with Crippen LogP contribution in [-0.4, -0.2) is 73.0 Å². The molecule has 160 valence electrons. The van der Waals surface area contributed by atoms with Gasteiger partial charge >= 0.3 is 0 Å². The Balaban J connectivity index is 1.74. The summed E-state index contributed by atoms with van der Waals surface area (Å²) in [6, 6.07) is 0.652. The van der Waals surface area contributed by atoms with Crippen LogP contribution in [0.3, 0.4) is 0 Å². The van der Waals surface area contributed by atoms with Gasteiger partial charge in [-0.3, -0.25) is 9.80 Å². The van der Waals surface area contributed by atoms with E-state index in [1.54, 1.807) is 0 Å². The second-order valence-corrected chi connectivity index (χ2v) is 11.0. The van der Waals surface area contributed by atoms with Crippen LogP contribution < -0.4 is 0 Å². The maximum absolute atomic E-state index is 6.31. The fourth-order valence-corrected chi connectivity index (χ4v) is 4.58. The predicted molar refractivity (Wildman–Crippen MR) is 114 cm³/mol. The van der Waals surface area contributed by atoms with Gasteiger partial charge in [0.2, 0.25) is 0 Å². The van der Waals surface area contributed by atoms with Crippen molar-refractivity contribution in [1.82, 2.24) is 9.80 Å². The van der Waals surface area contributed by atoms with Gasteiger partial charge in [0.15, 0.2) is 0 Å². The monoisotopic (exact) mass is 382 g/mol. The molecule has 2 heterocycles. The molecular weight excluding hydrogens is 336 g/mol. The molecule has 0 aromatic heterocycles. The van der Waals surface area contributed by atoms with Crippen LogP contribution in [0.25, 0.3) is 0 Å². The van der Waals surface area contributed by atoms with Crippen molar-refractivity contribution >= 4 is 0 Å². The zero-order valence-electron chi connectivity index (χ0n) is 19.6. The van der Waals surface area contributed by atoms with Gasteiger partial charge in [-0.15, -0.1) is 0 Å². The Morgan fingerprint density at radius 3 is 2.00 bits per heavy atom. The zero-order valence-corrected chi connectivity index (χ0v) is 19.6. The zero-order chi connectivity index (χ0) is 20.5. The molecule has 0 spiro atoms. The molecule has 0 aromatic carbocycles. The van der Waals surface area contributed by atoms with E-state index >= 15 is 0 Å². The van der Waals surface area contributed by atoms with Crippen LogP contribution in [0, 0.1) is 10.8 Å². The molecule has 1 atom stereocenters. The average Bonchev–Trinajstić information content (AvgIpc) is 2.48. The summed E-state index contributed by atoms with van der Waals surface area (Å²) in [7, 11) is 0. The first-order valence-electron chi connectivity index (χ1n) is 11.1. The molecule has 1 unspecified atom stereocenters. The second-order valence-electron chi connectivity index (χ2n) is 11.0. The number of hydrogen-bond donors (Lipinski definition) is 0. The van der Waals surface area contributed by atoms with E-state index in [0.717, 1.165) is 32.7 Å². The van der Waals surface area contributed by atoms with Crippen LogP contribution in [0.5, 0.6) is 0 Å². The first-order valence-corrected chi connectivity index (χ1v) is 11.1. The lowest BCUT2D eigenvalue weighted by atomic mass is 9.74. The average molecular weight is 383 g/mol. The van der Waals surface area contributed by atoms with Gasteiger partial charge in [-0.2, -0.15) is 0 Å². The molecule has 0 radical (unpaired) electrons. The number of nitrogens with zero attached hydrogens (tertiary/aromatic N) is 2. The summed E-state index contributed by atoms with van der Waals surface area (Å²) in [5.74, 6) is 0. The maximum atomic E-state index is 6.31. The fraction of sp³-hybridized carbons (Fsp3) is 1.00. The van der Waals surface area contributed by atoms with E-state index in [1.165, 1.54) is 19.5 Å². The molecule has 0 amide bonds. The Morgan fingerprint density at radius 1 is 0.926 bits per heavy atom. The molecule has 0 N–H and O–H groups in total. The molecule has 4 nitrogen and oxygen atoms in total. The van der Waals surface area contributed by atoms with E-state index in [9.17, 15) is 0 Å². The number of rotatable bonds is 11. The number of ether oxygens (including phenoxy) is 2. The summed E-state index contributed by atoms with van der Waals surface area (Å²) in [6.07, 6.45) is 2.90. The van der Waals surface area contributed by atoms with E-state index in [4.69, 9.17) is 9.47 Å². The van der Waals surface area contributed by atoms with Crippen LogP contribution in [0.2, 0.25) is 0 Å². The molecule has 0 aliphatic carbocycles. The summed E-state index contributed by atoms with van der Waals surface area (Å²) in [4.78, 5) is 5.16. The molecule has 2 aliphatic rings. The second kappa shape index (κ2) is 8.69. The van der Waals surface area contributed by atoms with Crippen LogP contribution in [0.15, 0.2) is 0 Å². The van der Waals surface area contributed by atoms with Crippen molar-refractivity contribution in [1.29, 1.82) is 0 Å². The summed E-state index contributed by atoms with van der Waals surface area (Å²) in [5.41, 5.74) is 0.872. The first kappa shape index (κ1) is 23.1. The first-order chi connectivity index (χ1) is 12.4. The van der Waals surface area contributed by atoms with Crippen LogP contribution in [0.4, 0.5) is 0 Å². The molecule has 0 saturated carbocycles. The summed E-state index contributed by atoms with van der Waals surface area (Å²) < 4.78 is 12.3. The van der Waals surface area contributed by atoms with Crippen molar-refractivity contribution in [2.75, 3.05) is 39.4 Å². The van der Waals surface area contributed by atoms with Crippen molar-refractivity contribution in [3.63, 3.8) is 0 Å². The maximum Gasteiger partial charge on any atom is 0.0564 e. The Kier molecular flexibility index (Phi) is 7.44. The van der Waals surface area contributed by atoms with Crippen LogP contribution >= 0.6 is 0 Å². The minimum absolute atomic E-state index is 0.181. The Labute approximate surface area is 169 Å². The van der Waals surface area contributed by atoms with Crippen molar-refractivity contribution in [3.05, 3.63) is 0 Å². The Bertz CT molecular complexity index is 463. The summed E-state index contributed by atoms with van der Waals surface area (Å²) in [5, 5.41) is 0.